The molecule has 0 aliphatic carbocycles. The van der Waals surface area contributed by atoms with Gasteiger partial charge in [0.25, 0.3) is 0 Å². The smallest absolute Gasteiger partial charge is 0.222 e. The van der Waals surface area contributed by atoms with Crippen LogP contribution in [0.3, 0.4) is 0 Å². The van der Waals surface area contributed by atoms with Gasteiger partial charge in [-0.3, -0.25) is 9.78 Å². The van der Waals surface area contributed by atoms with Gasteiger partial charge < -0.3 is 14.0 Å². The molecule has 0 unspecified atom stereocenters. The van der Waals surface area contributed by atoms with Gasteiger partial charge in [0.1, 0.15) is 5.82 Å². The Bertz CT molecular complexity index is 904. The third-order valence-corrected chi connectivity index (χ3v) is 5.40. The first-order valence-electron chi connectivity index (χ1n) is 9.71. The highest BCUT2D eigenvalue weighted by atomic mass is 16.2. The van der Waals surface area contributed by atoms with E-state index in [-0.39, 0.29) is 11.8 Å². The molecule has 1 aliphatic heterocycles. The van der Waals surface area contributed by atoms with Crippen LogP contribution in [0.1, 0.15) is 42.4 Å². The second-order valence-electron chi connectivity index (χ2n) is 7.30. The third-order valence-electron chi connectivity index (χ3n) is 5.40. The summed E-state index contributed by atoms with van der Waals surface area (Å²) in [5, 5.41) is 8.81. The standard InChI is InChI=1S/C20H25N7O/c1-25-18(14-26-12-10-22-15-26)23-24-20(25)17-3-2-11-27(13-17)19(28)5-4-16-6-8-21-9-7-16/h6-10,12,15,17H,2-5,11,13-14H2,1H3/t17-/m1/s1. The fraction of sp³-hybridized carbons (Fsp3) is 0.450. The highest BCUT2D eigenvalue weighted by Gasteiger charge is 2.28. The molecule has 146 valence electrons. The molecule has 8 nitrogen and oxygen atoms in total. The van der Waals surface area contributed by atoms with Crippen LogP contribution < -0.4 is 0 Å². The Kier molecular flexibility index (Phi) is 5.45. The molecular formula is C20H25N7O. The average Bonchev–Trinajstić information content (AvgIpc) is 3.38. The number of hydrogen-bond donors (Lipinski definition) is 0. The minimum absolute atomic E-state index is 0.210. The largest absolute Gasteiger partial charge is 0.342 e. The van der Waals surface area contributed by atoms with Gasteiger partial charge in [-0.15, -0.1) is 10.2 Å². The molecule has 1 aliphatic rings. The minimum Gasteiger partial charge on any atom is -0.342 e. The van der Waals surface area contributed by atoms with E-state index >= 15 is 0 Å². The molecule has 4 rings (SSSR count). The molecule has 0 N–H and O–H groups in total. The van der Waals surface area contributed by atoms with Crippen LogP contribution in [-0.4, -0.2) is 53.2 Å². The molecule has 1 atom stereocenters. The summed E-state index contributed by atoms with van der Waals surface area (Å²) in [6, 6.07) is 3.93. The van der Waals surface area contributed by atoms with E-state index in [1.165, 1.54) is 0 Å². The molecule has 1 amide bonds. The Morgan fingerprint density at radius 1 is 1.18 bits per heavy atom. The molecule has 3 aromatic rings. The number of carbonyl (C=O) groups excluding carboxylic acids is 1. The molecule has 0 bridgehead atoms. The number of amides is 1. The SMILES string of the molecule is Cn1c(Cn2ccnc2)nnc1[C@@H]1CCCN(C(=O)CCc2ccncc2)C1. The zero-order valence-electron chi connectivity index (χ0n) is 16.1. The number of pyridine rings is 1. The summed E-state index contributed by atoms with van der Waals surface area (Å²) in [7, 11) is 2.01. The number of carbonyl (C=O) groups is 1. The fourth-order valence-corrected chi connectivity index (χ4v) is 3.79. The summed E-state index contributed by atoms with van der Waals surface area (Å²) >= 11 is 0. The van der Waals surface area contributed by atoms with Crippen molar-refractivity contribution in [3.63, 3.8) is 0 Å². The lowest BCUT2D eigenvalue weighted by atomic mass is 9.96. The summed E-state index contributed by atoms with van der Waals surface area (Å²) in [5.74, 6) is 2.30. The lowest BCUT2D eigenvalue weighted by molar-refractivity contribution is -0.132. The van der Waals surface area contributed by atoms with Crippen molar-refractivity contribution in [1.29, 1.82) is 0 Å². The number of aryl methyl sites for hydroxylation is 1. The van der Waals surface area contributed by atoms with Crippen LogP contribution in [0.5, 0.6) is 0 Å². The third kappa shape index (κ3) is 4.11. The first kappa shape index (κ1) is 18.3. The van der Waals surface area contributed by atoms with E-state index in [4.69, 9.17) is 0 Å². The minimum atomic E-state index is 0.210. The van der Waals surface area contributed by atoms with Crippen LogP contribution in [0.2, 0.25) is 0 Å². The molecule has 28 heavy (non-hydrogen) atoms. The number of imidazole rings is 1. The first-order chi connectivity index (χ1) is 13.7. The van der Waals surface area contributed by atoms with Crippen LogP contribution in [0.4, 0.5) is 0 Å². The Hall–Kier alpha value is -3.03. The zero-order valence-corrected chi connectivity index (χ0v) is 16.1. The van der Waals surface area contributed by atoms with E-state index in [0.29, 0.717) is 19.5 Å². The summed E-state index contributed by atoms with van der Waals surface area (Å²) in [4.78, 5) is 22.8. The second-order valence-corrected chi connectivity index (χ2v) is 7.30. The predicted molar refractivity (Wildman–Crippen MR) is 103 cm³/mol. The highest BCUT2D eigenvalue weighted by Crippen LogP contribution is 2.26. The number of piperidine rings is 1. The van der Waals surface area contributed by atoms with Crippen molar-refractivity contribution in [3.8, 4) is 0 Å². The number of nitrogens with zero attached hydrogens (tertiary/aromatic N) is 7. The predicted octanol–water partition coefficient (Wildman–Crippen LogP) is 1.79. The van der Waals surface area contributed by atoms with Gasteiger partial charge >= 0.3 is 0 Å². The van der Waals surface area contributed by atoms with Crippen LogP contribution in [0.15, 0.2) is 43.2 Å². The topological polar surface area (TPSA) is 81.7 Å². The van der Waals surface area contributed by atoms with Gasteiger partial charge in [-0.05, 0) is 37.0 Å². The maximum absolute atomic E-state index is 12.7. The quantitative estimate of drug-likeness (QED) is 0.652. The molecule has 0 radical (unpaired) electrons. The second kappa shape index (κ2) is 8.33. The number of rotatable bonds is 6. The molecule has 3 aromatic heterocycles. The molecule has 8 heteroatoms. The fourth-order valence-electron chi connectivity index (χ4n) is 3.79. The van der Waals surface area contributed by atoms with Crippen molar-refractivity contribution in [1.82, 2.24) is 34.2 Å². The van der Waals surface area contributed by atoms with Crippen molar-refractivity contribution in [2.24, 2.45) is 7.05 Å². The normalized spacial score (nSPS) is 17.0. The van der Waals surface area contributed by atoms with Crippen molar-refractivity contribution >= 4 is 5.91 Å². The van der Waals surface area contributed by atoms with Gasteiger partial charge in [-0.25, -0.2) is 4.98 Å². The van der Waals surface area contributed by atoms with Crippen molar-refractivity contribution in [3.05, 3.63) is 60.5 Å². The maximum Gasteiger partial charge on any atom is 0.222 e. The first-order valence-corrected chi connectivity index (χ1v) is 9.71. The summed E-state index contributed by atoms with van der Waals surface area (Å²) in [6.07, 6.45) is 12.3. The Morgan fingerprint density at radius 2 is 2.04 bits per heavy atom. The van der Waals surface area contributed by atoms with Crippen molar-refractivity contribution in [2.75, 3.05) is 13.1 Å². The van der Waals surface area contributed by atoms with Crippen LogP contribution in [0, 0.1) is 0 Å². The van der Waals surface area contributed by atoms with Gasteiger partial charge in [0.05, 0.1) is 12.9 Å². The molecular weight excluding hydrogens is 354 g/mol. The van der Waals surface area contributed by atoms with E-state index < -0.39 is 0 Å². The van der Waals surface area contributed by atoms with Gasteiger partial charge in [0, 0.05) is 57.3 Å². The Morgan fingerprint density at radius 3 is 2.82 bits per heavy atom. The summed E-state index contributed by atoms with van der Waals surface area (Å²) < 4.78 is 4.04. The molecule has 0 aromatic carbocycles. The van der Waals surface area contributed by atoms with E-state index in [1.54, 1.807) is 24.9 Å². The van der Waals surface area contributed by atoms with Crippen molar-refractivity contribution in [2.45, 2.75) is 38.1 Å². The summed E-state index contributed by atoms with van der Waals surface area (Å²) in [6.45, 7) is 2.18. The Balaban J connectivity index is 1.38. The number of hydrogen-bond acceptors (Lipinski definition) is 5. The van der Waals surface area contributed by atoms with E-state index in [9.17, 15) is 4.79 Å². The molecule has 1 fully saturated rings. The Labute approximate surface area is 164 Å². The van der Waals surface area contributed by atoms with Crippen LogP contribution in [-0.2, 0) is 24.8 Å². The van der Waals surface area contributed by atoms with Crippen molar-refractivity contribution < 1.29 is 4.79 Å². The van der Waals surface area contributed by atoms with E-state index in [2.05, 4.69) is 24.7 Å². The van der Waals surface area contributed by atoms with Gasteiger partial charge in [-0.1, -0.05) is 0 Å². The number of likely N-dealkylation sites (tertiary alicyclic amines) is 1. The van der Waals surface area contributed by atoms with Crippen LogP contribution in [0.25, 0.3) is 0 Å². The lowest BCUT2D eigenvalue weighted by Gasteiger charge is -2.32. The zero-order chi connectivity index (χ0) is 19.3. The highest BCUT2D eigenvalue weighted by molar-refractivity contribution is 5.76. The van der Waals surface area contributed by atoms with Gasteiger partial charge in [0.2, 0.25) is 5.91 Å². The summed E-state index contributed by atoms with van der Waals surface area (Å²) in [5.41, 5.74) is 1.15. The molecule has 0 spiro atoms. The van der Waals surface area contributed by atoms with E-state index in [0.717, 1.165) is 43.0 Å². The van der Waals surface area contributed by atoms with Gasteiger partial charge in [0.15, 0.2) is 5.82 Å². The van der Waals surface area contributed by atoms with E-state index in [1.807, 2.05) is 34.8 Å². The molecule has 4 heterocycles. The lowest BCUT2D eigenvalue weighted by Crippen LogP contribution is -2.39. The average molecular weight is 379 g/mol. The van der Waals surface area contributed by atoms with Crippen LogP contribution >= 0.6 is 0 Å². The molecule has 1 saturated heterocycles. The maximum atomic E-state index is 12.7. The monoisotopic (exact) mass is 379 g/mol. The number of aromatic nitrogens is 6. The molecule has 0 saturated carbocycles. The van der Waals surface area contributed by atoms with Gasteiger partial charge in [-0.2, -0.15) is 0 Å².